The molecule has 35 heavy (non-hydrogen) atoms. The van der Waals surface area contributed by atoms with Crippen LogP contribution in [0.1, 0.15) is 53.4 Å². The third-order valence-corrected chi connectivity index (χ3v) is 7.73. The van der Waals surface area contributed by atoms with Crippen LogP contribution in [0, 0.1) is 19.1 Å². The van der Waals surface area contributed by atoms with Crippen LogP contribution in [0.5, 0.6) is 0 Å². The minimum Gasteiger partial charge on any atom is -0.618 e. The quantitative estimate of drug-likeness (QED) is 0.362. The molecule has 1 unspecified atom stereocenters. The third-order valence-electron chi connectivity index (χ3n) is 7.00. The molecule has 186 valence electrons. The number of nitrogens with one attached hydrogen (secondary N) is 1. The van der Waals surface area contributed by atoms with E-state index in [2.05, 4.69) is 48.8 Å². The van der Waals surface area contributed by atoms with Crippen LogP contribution < -0.4 is 14.9 Å². The van der Waals surface area contributed by atoms with Crippen molar-refractivity contribution in [2.75, 3.05) is 24.5 Å². The first kappa shape index (κ1) is 25.1. The molecule has 0 aromatic carbocycles. The van der Waals surface area contributed by atoms with E-state index in [-0.39, 0.29) is 5.91 Å². The SMILES string of the molecule is Cc1cc[n+]([O-])c(C)c1C(=O)NCCC(C)N1CCC(N(Cc2ccsc2)c2cncnc2)CC1. The van der Waals surface area contributed by atoms with Gasteiger partial charge in [0.1, 0.15) is 11.9 Å². The minimum atomic E-state index is -0.176. The molecule has 1 N–H and O–H groups in total. The Hall–Kier alpha value is -3.04. The van der Waals surface area contributed by atoms with E-state index in [1.807, 2.05) is 19.3 Å². The summed E-state index contributed by atoms with van der Waals surface area (Å²) in [4.78, 5) is 26.1. The average Bonchev–Trinajstić information content (AvgIpc) is 3.39. The summed E-state index contributed by atoms with van der Waals surface area (Å²) in [6.07, 6.45) is 9.84. The fourth-order valence-electron chi connectivity index (χ4n) is 4.87. The van der Waals surface area contributed by atoms with E-state index in [1.54, 1.807) is 30.7 Å². The number of anilines is 1. The van der Waals surface area contributed by atoms with Crippen LogP contribution in [-0.2, 0) is 6.54 Å². The zero-order chi connectivity index (χ0) is 24.8. The Balaban J connectivity index is 1.29. The number of carbonyl (C=O) groups excluding carboxylic acids is 1. The summed E-state index contributed by atoms with van der Waals surface area (Å²) < 4.78 is 0.748. The van der Waals surface area contributed by atoms with Crippen LogP contribution in [0.15, 0.2) is 47.8 Å². The molecule has 9 heteroatoms. The highest BCUT2D eigenvalue weighted by Gasteiger charge is 2.28. The van der Waals surface area contributed by atoms with E-state index in [4.69, 9.17) is 0 Å². The van der Waals surface area contributed by atoms with Gasteiger partial charge in [-0.15, -0.1) is 0 Å². The van der Waals surface area contributed by atoms with Gasteiger partial charge in [-0.2, -0.15) is 16.1 Å². The van der Waals surface area contributed by atoms with Crippen molar-refractivity contribution in [1.82, 2.24) is 20.2 Å². The Morgan fingerprint density at radius 1 is 1.29 bits per heavy atom. The molecule has 0 bridgehead atoms. The maximum Gasteiger partial charge on any atom is 0.257 e. The summed E-state index contributed by atoms with van der Waals surface area (Å²) in [5.41, 5.74) is 4.12. The second-order valence-electron chi connectivity index (χ2n) is 9.30. The summed E-state index contributed by atoms with van der Waals surface area (Å²) in [7, 11) is 0. The van der Waals surface area contributed by atoms with Crippen molar-refractivity contribution in [3.8, 4) is 0 Å². The van der Waals surface area contributed by atoms with Gasteiger partial charge < -0.3 is 20.3 Å². The number of likely N-dealkylation sites (tertiary alicyclic amines) is 1. The third kappa shape index (κ3) is 6.15. The van der Waals surface area contributed by atoms with E-state index in [1.165, 1.54) is 11.8 Å². The number of hydrogen-bond donors (Lipinski definition) is 1. The molecule has 1 fully saturated rings. The zero-order valence-corrected chi connectivity index (χ0v) is 21.5. The van der Waals surface area contributed by atoms with Gasteiger partial charge in [-0.25, -0.2) is 9.97 Å². The Bertz CT molecular complexity index is 1100. The van der Waals surface area contributed by atoms with Gasteiger partial charge in [0.05, 0.1) is 18.1 Å². The van der Waals surface area contributed by atoms with Gasteiger partial charge in [0.15, 0.2) is 6.20 Å². The molecular weight excluding hydrogens is 460 g/mol. The van der Waals surface area contributed by atoms with Crippen LogP contribution in [0.4, 0.5) is 5.69 Å². The number of hydrogen-bond acceptors (Lipinski definition) is 7. The number of pyridine rings is 1. The molecule has 1 aliphatic heterocycles. The Kier molecular flexibility index (Phi) is 8.30. The number of aryl methyl sites for hydroxylation is 1. The van der Waals surface area contributed by atoms with E-state index in [9.17, 15) is 10.0 Å². The molecule has 3 aromatic heterocycles. The summed E-state index contributed by atoms with van der Waals surface area (Å²) in [5.74, 6) is -0.176. The van der Waals surface area contributed by atoms with Crippen molar-refractivity contribution in [2.24, 2.45) is 0 Å². The molecule has 4 rings (SSSR count). The van der Waals surface area contributed by atoms with Crippen molar-refractivity contribution in [1.29, 1.82) is 0 Å². The van der Waals surface area contributed by atoms with E-state index in [0.29, 0.717) is 29.9 Å². The first-order valence-corrected chi connectivity index (χ1v) is 13.1. The first-order chi connectivity index (χ1) is 16.9. The number of carbonyl (C=O) groups is 1. The largest absolute Gasteiger partial charge is 0.618 e. The monoisotopic (exact) mass is 494 g/mol. The van der Waals surface area contributed by atoms with Gasteiger partial charge in [0.25, 0.3) is 5.91 Å². The standard InChI is InChI=1S/C26H34N6O2S/c1-19-5-12-32(34)21(3)25(19)26(33)29-9-4-20(2)30-10-6-23(7-11-30)31(16-22-8-13-35-17-22)24-14-27-18-28-15-24/h5,8,12-15,17-18,20,23H,4,6-7,9-11,16H2,1-3H3,(H,29,33). The Morgan fingerprint density at radius 3 is 2.71 bits per heavy atom. The number of thiophene rings is 1. The van der Waals surface area contributed by atoms with Crippen molar-refractivity contribution in [2.45, 2.75) is 58.7 Å². The molecule has 0 spiro atoms. The summed E-state index contributed by atoms with van der Waals surface area (Å²) in [6.45, 7) is 9.25. The van der Waals surface area contributed by atoms with Crippen LogP contribution in [0.2, 0.25) is 0 Å². The predicted octanol–water partition coefficient (Wildman–Crippen LogP) is 3.47. The fourth-order valence-corrected chi connectivity index (χ4v) is 5.53. The summed E-state index contributed by atoms with van der Waals surface area (Å²) in [6, 6.07) is 4.67. The van der Waals surface area contributed by atoms with Gasteiger partial charge in [0, 0.05) is 51.3 Å². The number of aromatic nitrogens is 3. The molecule has 1 atom stereocenters. The molecule has 1 saturated heterocycles. The highest BCUT2D eigenvalue weighted by Crippen LogP contribution is 2.26. The van der Waals surface area contributed by atoms with Crippen LogP contribution >= 0.6 is 11.3 Å². The smallest absolute Gasteiger partial charge is 0.257 e. The lowest BCUT2D eigenvalue weighted by Crippen LogP contribution is -2.48. The molecule has 1 amide bonds. The topological polar surface area (TPSA) is 88.3 Å². The molecule has 4 heterocycles. The zero-order valence-electron chi connectivity index (χ0n) is 20.7. The van der Waals surface area contributed by atoms with Gasteiger partial charge in [-0.05, 0) is 61.1 Å². The molecule has 0 aliphatic carbocycles. The second kappa shape index (κ2) is 11.6. The summed E-state index contributed by atoms with van der Waals surface area (Å²) >= 11 is 1.73. The molecule has 3 aromatic rings. The van der Waals surface area contributed by atoms with Crippen molar-refractivity contribution in [3.05, 3.63) is 75.4 Å². The van der Waals surface area contributed by atoms with Crippen LogP contribution in [0.3, 0.4) is 0 Å². The van der Waals surface area contributed by atoms with Crippen LogP contribution in [-0.4, -0.2) is 52.5 Å². The molecule has 0 radical (unpaired) electrons. The molecule has 8 nitrogen and oxygen atoms in total. The van der Waals surface area contributed by atoms with Crippen molar-refractivity contribution >= 4 is 22.9 Å². The second-order valence-corrected chi connectivity index (χ2v) is 10.1. The molecule has 1 aliphatic rings. The minimum absolute atomic E-state index is 0.176. The van der Waals surface area contributed by atoms with E-state index >= 15 is 0 Å². The maximum absolute atomic E-state index is 12.7. The lowest BCUT2D eigenvalue weighted by Gasteiger charge is -2.41. The molecule has 0 saturated carbocycles. The van der Waals surface area contributed by atoms with Gasteiger partial charge in [-0.3, -0.25) is 4.79 Å². The predicted molar refractivity (Wildman–Crippen MR) is 138 cm³/mol. The lowest BCUT2D eigenvalue weighted by atomic mass is 10.00. The van der Waals surface area contributed by atoms with Crippen molar-refractivity contribution < 1.29 is 9.52 Å². The highest BCUT2D eigenvalue weighted by molar-refractivity contribution is 7.07. The average molecular weight is 495 g/mol. The van der Waals surface area contributed by atoms with E-state index < -0.39 is 0 Å². The highest BCUT2D eigenvalue weighted by atomic mass is 32.1. The Labute approximate surface area is 211 Å². The lowest BCUT2D eigenvalue weighted by molar-refractivity contribution is -0.612. The normalized spacial score (nSPS) is 15.6. The maximum atomic E-state index is 12.7. The van der Waals surface area contributed by atoms with Gasteiger partial charge in [0.2, 0.25) is 5.69 Å². The van der Waals surface area contributed by atoms with Gasteiger partial charge in [-0.1, -0.05) is 0 Å². The van der Waals surface area contributed by atoms with Gasteiger partial charge >= 0.3 is 0 Å². The summed E-state index contributed by atoms with van der Waals surface area (Å²) in [5, 5.41) is 19.2. The Morgan fingerprint density at radius 2 is 2.03 bits per heavy atom. The fraction of sp³-hybridized carbons (Fsp3) is 0.462. The van der Waals surface area contributed by atoms with Crippen molar-refractivity contribution in [3.63, 3.8) is 0 Å². The van der Waals surface area contributed by atoms with Crippen LogP contribution in [0.25, 0.3) is 0 Å². The first-order valence-electron chi connectivity index (χ1n) is 12.2. The number of nitrogens with zero attached hydrogens (tertiary/aromatic N) is 5. The number of piperidine rings is 1. The molecular formula is C26H34N6O2S. The number of rotatable bonds is 9. The van der Waals surface area contributed by atoms with E-state index in [0.717, 1.165) is 54.9 Å². The number of amides is 1.